The second kappa shape index (κ2) is 6.73. The smallest absolute Gasteiger partial charge is 0.306 e. The molecule has 94 valence electrons. The summed E-state index contributed by atoms with van der Waals surface area (Å²) in [5.41, 5.74) is 1.16. The van der Waals surface area contributed by atoms with Gasteiger partial charge in [0.15, 0.2) is 0 Å². The highest BCUT2D eigenvalue weighted by Crippen LogP contribution is 2.02. The lowest BCUT2D eigenvalue weighted by Crippen LogP contribution is -2.29. The van der Waals surface area contributed by atoms with E-state index in [-0.39, 0.29) is 24.7 Å². The Hall–Kier alpha value is -1.78. The summed E-state index contributed by atoms with van der Waals surface area (Å²) in [7, 11) is 3.06. The molecule has 5 nitrogen and oxygen atoms in total. The number of nitrogens with one attached hydrogen (secondary N) is 1. The largest absolute Gasteiger partial charge is 0.469 e. The van der Waals surface area contributed by atoms with E-state index < -0.39 is 0 Å². The molecule has 0 aliphatic heterocycles. The predicted molar refractivity (Wildman–Crippen MR) is 63.4 cm³/mol. The third kappa shape index (κ3) is 4.72. The molecule has 1 rings (SSSR count). The van der Waals surface area contributed by atoms with Crippen LogP contribution in [-0.4, -0.2) is 42.5 Å². The van der Waals surface area contributed by atoms with Gasteiger partial charge in [0, 0.05) is 32.4 Å². The van der Waals surface area contributed by atoms with Crippen LogP contribution in [-0.2, 0) is 20.7 Å². The summed E-state index contributed by atoms with van der Waals surface area (Å²) in [6.45, 7) is 0.651. The summed E-state index contributed by atoms with van der Waals surface area (Å²) in [5.74, 6) is -0.386. The zero-order valence-corrected chi connectivity index (χ0v) is 10.2. The number of carbonyl (C=O) groups excluding carboxylic acids is 2. The van der Waals surface area contributed by atoms with Crippen LogP contribution in [0.1, 0.15) is 18.4 Å². The SMILES string of the molecule is COC(=O)CCC(=O)N(C)CCc1cc[nH]c1. The Bertz CT molecular complexity index is 360. The van der Waals surface area contributed by atoms with Crippen LogP contribution in [0.4, 0.5) is 0 Å². The number of hydrogen-bond donors (Lipinski definition) is 1. The molecular formula is C12H18N2O3. The van der Waals surface area contributed by atoms with E-state index in [2.05, 4.69) is 9.72 Å². The number of likely N-dealkylation sites (N-methyl/N-ethyl adjacent to an activating group) is 1. The number of carbonyl (C=O) groups is 2. The Labute approximate surface area is 101 Å². The summed E-state index contributed by atoms with van der Waals surface area (Å²) in [4.78, 5) is 27.1. The van der Waals surface area contributed by atoms with Crippen LogP contribution >= 0.6 is 0 Å². The van der Waals surface area contributed by atoms with E-state index in [9.17, 15) is 9.59 Å². The lowest BCUT2D eigenvalue weighted by atomic mass is 10.2. The monoisotopic (exact) mass is 238 g/mol. The normalized spacial score (nSPS) is 10.0. The molecule has 1 heterocycles. The van der Waals surface area contributed by atoms with Gasteiger partial charge in [-0.05, 0) is 18.1 Å². The molecule has 1 aromatic heterocycles. The highest BCUT2D eigenvalue weighted by Gasteiger charge is 2.11. The molecule has 0 saturated carbocycles. The van der Waals surface area contributed by atoms with Gasteiger partial charge in [-0.15, -0.1) is 0 Å². The van der Waals surface area contributed by atoms with Crippen molar-refractivity contribution in [1.29, 1.82) is 0 Å². The molecule has 1 amide bonds. The summed E-state index contributed by atoms with van der Waals surface area (Å²) in [6.07, 6.45) is 4.92. The molecule has 0 saturated heterocycles. The van der Waals surface area contributed by atoms with Crippen molar-refractivity contribution in [1.82, 2.24) is 9.88 Å². The molecule has 0 spiro atoms. The standard InChI is InChI=1S/C12H18N2O3/c1-14(8-6-10-5-7-13-9-10)11(15)3-4-12(16)17-2/h5,7,9,13H,3-4,6,8H2,1-2H3. The lowest BCUT2D eigenvalue weighted by molar-refractivity contribution is -0.143. The van der Waals surface area contributed by atoms with Crippen molar-refractivity contribution in [3.8, 4) is 0 Å². The number of aromatic amines is 1. The van der Waals surface area contributed by atoms with Gasteiger partial charge < -0.3 is 14.6 Å². The fourth-order valence-corrected chi connectivity index (χ4v) is 1.44. The maximum absolute atomic E-state index is 11.6. The number of hydrogen-bond acceptors (Lipinski definition) is 3. The van der Waals surface area contributed by atoms with Gasteiger partial charge in [0.2, 0.25) is 5.91 Å². The highest BCUT2D eigenvalue weighted by molar-refractivity contribution is 5.81. The molecule has 0 atom stereocenters. The molecule has 0 unspecified atom stereocenters. The van der Waals surface area contributed by atoms with Crippen molar-refractivity contribution in [3.05, 3.63) is 24.0 Å². The molecule has 0 aromatic carbocycles. The van der Waals surface area contributed by atoms with Crippen molar-refractivity contribution >= 4 is 11.9 Å². The summed E-state index contributed by atoms with van der Waals surface area (Å²) in [6, 6.07) is 1.98. The lowest BCUT2D eigenvalue weighted by Gasteiger charge is -2.16. The van der Waals surface area contributed by atoms with E-state index in [4.69, 9.17) is 0 Å². The summed E-state index contributed by atoms with van der Waals surface area (Å²) >= 11 is 0. The van der Waals surface area contributed by atoms with Crippen LogP contribution in [0.3, 0.4) is 0 Å². The van der Waals surface area contributed by atoms with E-state index >= 15 is 0 Å². The maximum atomic E-state index is 11.6. The molecule has 0 bridgehead atoms. The minimum Gasteiger partial charge on any atom is -0.469 e. The summed E-state index contributed by atoms with van der Waals surface area (Å²) in [5, 5.41) is 0. The first-order valence-corrected chi connectivity index (χ1v) is 5.56. The second-order valence-corrected chi connectivity index (χ2v) is 3.86. The molecule has 1 aromatic rings. The third-order valence-corrected chi connectivity index (χ3v) is 2.59. The zero-order valence-electron chi connectivity index (χ0n) is 10.2. The number of aromatic nitrogens is 1. The van der Waals surface area contributed by atoms with E-state index in [1.807, 2.05) is 18.5 Å². The van der Waals surface area contributed by atoms with Crippen molar-refractivity contribution in [3.63, 3.8) is 0 Å². The number of esters is 1. The predicted octanol–water partition coefficient (Wildman–Crippen LogP) is 0.969. The van der Waals surface area contributed by atoms with Crippen molar-refractivity contribution < 1.29 is 14.3 Å². The third-order valence-electron chi connectivity index (χ3n) is 2.59. The topological polar surface area (TPSA) is 62.4 Å². The van der Waals surface area contributed by atoms with E-state index in [1.54, 1.807) is 11.9 Å². The molecular weight excluding hydrogens is 220 g/mol. The number of H-pyrrole nitrogens is 1. The maximum Gasteiger partial charge on any atom is 0.306 e. The van der Waals surface area contributed by atoms with Crippen LogP contribution < -0.4 is 0 Å². The molecule has 0 fully saturated rings. The Kier molecular flexibility index (Phi) is 5.26. The van der Waals surface area contributed by atoms with Crippen molar-refractivity contribution in [2.75, 3.05) is 20.7 Å². The first kappa shape index (κ1) is 13.3. The average Bonchev–Trinajstić information content (AvgIpc) is 2.85. The summed E-state index contributed by atoms with van der Waals surface area (Å²) < 4.78 is 4.49. The van der Waals surface area contributed by atoms with Gasteiger partial charge >= 0.3 is 5.97 Å². The molecule has 0 aliphatic carbocycles. The van der Waals surface area contributed by atoms with Crippen LogP contribution in [0.2, 0.25) is 0 Å². The number of methoxy groups -OCH3 is 1. The zero-order chi connectivity index (χ0) is 12.7. The highest BCUT2D eigenvalue weighted by atomic mass is 16.5. The minimum atomic E-state index is -0.350. The number of rotatable bonds is 6. The van der Waals surface area contributed by atoms with Gasteiger partial charge in [-0.25, -0.2) is 0 Å². The van der Waals surface area contributed by atoms with Gasteiger partial charge in [0.1, 0.15) is 0 Å². The molecule has 0 aliphatic rings. The number of nitrogens with zero attached hydrogens (tertiary/aromatic N) is 1. The van der Waals surface area contributed by atoms with Gasteiger partial charge in [0.05, 0.1) is 13.5 Å². The van der Waals surface area contributed by atoms with E-state index in [0.717, 1.165) is 12.0 Å². The van der Waals surface area contributed by atoms with Crippen molar-refractivity contribution in [2.24, 2.45) is 0 Å². The Balaban J connectivity index is 2.24. The first-order valence-electron chi connectivity index (χ1n) is 5.56. The van der Waals surface area contributed by atoms with Crippen LogP contribution in [0.25, 0.3) is 0 Å². The van der Waals surface area contributed by atoms with Crippen molar-refractivity contribution in [2.45, 2.75) is 19.3 Å². The van der Waals surface area contributed by atoms with Crippen LogP contribution in [0.15, 0.2) is 18.5 Å². The first-order chi connectivity index (χ1) is 8.13. The Morgan fingerprint density at radius 3 is 2.76 bits per heavy atom. The molecule has 17 heavy (non-hydrogen) atoms. The Morgan fingerprint density at radius 1 is 1.41 bits per heavy atom. The molecule has 1 N–H and O–H groups in total. The van der Waals surface area contributed by atoms with Gasteiger partial charge in [-0.2, -0.15) is 0 Å². The van der Waals surface area contributed by atoms with E-state index in [1.165, 1.54) is 7.11 Å². The van der Waals surface area contributed by atoms with Gasteiger partial charge in [0.25, 0.3) is 0 Å². The van der Waals surface area contributed by atoms with Gasteiger partial charge in [-0.1, -0.05) is 0 Å². The molecule has 0 radical (unpaired) electrons. The molecule has 5 heteroatoms. The van der Waals surface area contributed by atoms with E-state index in [0.29, 0.717) is 6.54 Å². The minimum absolute atomic E-state index is 0.0362. The fourth-order valence-electron chi connectivity index (χ4n) is 1.44. The van der Waals surface area contributed by atoms with Crippen LogP contribution in [0.5, 0.6) is 0 Å². The van der Waals surface area contributed by atoms with Gasteiger partial charge in [-0.3, -0.25) is 9.59 Å². The number of ether oxygens (including phenoxy) is 1. The average molecular weight is 238 g/mol. The number of amides is 1. The fraction of sp³-hybridized carbons (Fsp3) is 0.500. The Morgan fingerprint density at radius 2 is 2.18 bits per heavy atom. The quantitative estimate of drug-likeness (QED) is 0.751. The second-order valence-electron chi connectivity index (χ2n) is 3.86. The van der Waals surface area contributed by atoms with Crippen LogP contribution in [0, 0.1) is 0 Å².